The van der Waals surface area contributed by atoms with Crippen molar-refractivity contribution in [3.63, 3.8) is 0 Å². The summed E-state index contributed by atoms with van der Waals surface area (Å²) in [5.74, 6) is 0. The van der Waals surface area contributed by atoms with E-state index in [1.165, 1.54) is 28.6 Å². The maximum absolute atomic E-state index is 12.8. The highest BCUT2D eigenvalue weighted by molar-refractivity contribution is 7.89. The van der Waals surface area contributed by atoms with Crippen molar-refractivity contribution in [3.05, 3.63) is 74.1 Å². The maximum atomic E-state index is 12.8. The zero-order valence-electron chi connectivity index (χ0n) is 16.3. The number of nitrogens with zero attached hydrogens (tertiary/aromatic N) is 4. The third-order valence-corrected chi connectivity index (χ3v) is 8.07. The number of rotatable bonds is 6. The van der Waals surface area contributed by atoms with Gasteiger partial charge in [-0.25, -0.2) is 13.4 Å². The first-order valence-corrected chi connectivity index (χ1v) is 12.2. The SMILES string of the molecule is O=[N+]([O-])c1ccc(S(=O)(=O)N2CCN(Cc3nc(-c4ccc(Cl)cc4)cs3)CC2)cc1. The molecule has 0 spiro atoms. The average Bonchev–Trinajstić information content (AvgIpc) is 3.23. The Bertz CT molecular complexity index is 1170. The molecule has 11 heteroatoms. The number of benzene rings is 2. The highest BCUT2D eigenvalue weighted by Crippen LogP contribution is 2.25. The lowest BCUT2D eigenvalue weighted by Gasteiger charge is -2.33. The topological polar surface area (TPSA) is 96.6 Å². The van der Waals surface area contributed by atoms with Crippen molar-refractivity contribution in [3.8, 4) is 11.3 Å². The Labute approximate surface area is 188 Å². The third-order valence-electron chi connectivity index (χ3n) is 5.07. The van der Waals surface area contributed by atoms with Crippen molar-refractivity contribution >= 4 is 38.6 Å². The standard InChI is InChI=1S/C20H19ClN4O4S2/c21-16-3-1-15(2-4-16)19-14-30-20(22-19)13-23-9-11-24(12-10-23)31(28,29)18-7-5-17(6-8-18)25(26)27/h1-8,14H,9-13H2. The molecule has 0 aliphatic carbocycles. The minimum absolute atomic E-state index is 0.0686. The van der Waals surface area contributed by atoms with Crippen molar-refractivity contribution < 1.29 is 13.3 Å². The van der Waals surface area contributed by atoms with E-state index in [-0.39, 0.29) is 10.6 Å². The molecular formula is C20H19ClN4O4S2. The van der Waals surface area contributed by atoms with Crippen LogP contribution in [-0.2, 0) is 16.6 Å². The van der Waals surface area contributed by atoms with Gasteiger partial charge >= 0.3 is 0 Å². The third kappa shape index (κ3) is 4.94. The smallest absolute Gasteiger partial charge is 0.269 e. The van der Waals surface area contributed by atoms with E-state index in [0.717, 1.165) is 16.3 Å². The van der Waals surface area contributed by atoms with Gasteiger partial charge in [0.05, 0.1) is 22.1 Å². The summed E-state index contributed by atoms with van der Waals surface area (Å²) >= 11 is 7.51. The minimum atomic E-state index is -3.68. The van der Waals surface area contributed by atoms with Crippen LogP contribution in [0.25, 0.3) is 11.3 Å². The average molecular weight is 479 g/mol. The van der Waals surface area contributed by atoms with Crippen LogP contribution in [0.15, 0.2) is 58.8 Å². The van der Waals surface area contributed by atoms with Gasteiger partial charge in [-0.05, 0) is 24.3 Å². The summed E-state index contributed by atoms with van der Waals surface area (Å²) in [6, 6.07) is 12.5. The molecule has 1 aliphatic rings. The van der Waals surface area contributed by atoms with Gasteiger partial charge in [0.2, 0.25) is 10.0 Å². The molecule has 1 aliphatic heterocycles. The monoisotopic (exact) mass is 478 g/mol. The molecule has 2 heterocycles. The van der Waals surface area contributed by atoms with Crippen LogP contribution in [0.5, 0.6) is 0 Å². The molecule has 4 rings (SSSR count). The van der Waals surface area contributed by atoms with Gasteiger partial charge in [-0.1, -0.05) is 23.7 Å². The highest BCUT2D eigenvalue weighted by atomic mass is 35.5. The molecular weight excluding hydrogens is 460 g/mol. The summed E-state index contributed by atoms with van der Waals surface area (Å²) in [6.45, 7) is 2.54. The zero-order valence-corrected chi connectivity index (χ0v) is 18.7. The highest BCUT2D eigenvalue weighted by Gasteiger charge is 2.29. The fraction of sp³-hybridized carbons (Fsp3) is 0.250. The van der Waals surface area contributed by atoms with Gasteiger partial charge in [-0.2, -0.15) is 4.31 Å². The Balaban J connectivity index is 1.36. The van der Waals surface area contributed by atoms with Gasteiger partial charge in [-0.15, -0.1) is 11.3 Å². The van der Waals surface area contributed by atoms with Crippen LogP contribution in [0.3, 0.4) is 0 Å². The predicted molar refractivity (Wildman–Crippen MR) is 120 cm³/mol. The number of halogens is 1. The van der Waals surface area contributed by atoms with Crippen molar-refractivity contribution in [2.75, 3.05) is 26.2 Å². The Morgan fingerprint density at radius 1 is 1.03 bits per heavy atom. The van der Waals surface area contributed by atoms with E-state index in [1.807, 2.05) is 29.6 Å². The van der Waals surface area contributed by atoms with Crippen LogP contribution >= 0.6 is 22.9 Å². The minimum Gasteiger partial charge on any atom is -0.294 e. The normalized spacial score (nSPS) is 15.8. The lowest BCUT2D eigenvalue weighted by Crippen LogP contribution is -2.48. The number of sulfonamides is 1. The van der Waals surface area contributed by atoms with Gasteiger partial charge in [0.15, 0.2) is 0 Å². The second-order valence-electron chi connectivity index (χ2n) is 7.06. The van der Waals surface area contributed by atoms with Crippen LogP contribution in [0.2, 0.25) is 5.02 Å². The number of piperazine rings is 1. The molecule has 0 N–H and O–H groups in total. The van der Waals surface area contributed by atoms with Gasteiger partial charge in [0.1, 0.15) is 5.01 Å². The first kappa shape index (κ1) is 21.8. The molecule has 0 saturated carbocycles. The van der Waals surface area contributed by atoms with E-state index in [1.54, 1.807) is 11.3 Å². The molecule has 1 saturated heterocycles. The van der Waals surface area contributed by atoms with E-state index in [2.05, 4.69) is 9.88 Å². The van der Waals surface area contributed by atoms with Crippen LogP contribution in [0.4, 0.5) is 5.69 Å². The molecule has 0 bridgehead atoms. The number of thiazole rings is 1. The number of hydrogen-bond acceptors (Lipinski definition) is 7. The fourth-order valence-electron chi connectivity index (χ4n) is 3.34. The molecule has 162 valence electrons. The Hall–Kier alpha value is -2.37. The van der Waals surface area contributed by atoms with E-state index >= 15 is 0 Å². The molecule has 8 nitrogen and oxygen atoms in total. The fourth-order valence-corrected chi connectivity index (χ4v) is 5.74. The van der Waals surface area contributed by atoms with E-state index in [0.29, 0.717) is 37.7 Å². The summed E-state index contributed by atoms with van der Waals surface area (Å²) in [5, 5.41) is 14.4. The Morgan fingerprint density at radius 2 is 1.68 bits per heavy atom. The Kier molecular flexibility index (Phi) is 6.35. The molecule has 0 unspecified atom stereocenters. The molecule has 0 amide bonds. The molecule has 31 heavy (non-hydrogen) atoms. The van der Waals surface area contributed by atoms with Gasteiger partial charge in [0, 0.05) is 54.3 Å². The number of aromatic nitrogens is 1. The number of non-ortho nitro benzene ring substituents is 1. The zero-order chi connectivity index (χ0) is 22.0. The van der Waals surface area contributed by atoms with Crippen LogP contribution < -0.4 is 0 Å². The number of nitro groups is 1. The number of nitro benzene ring substituents is 1. The summed E-state index contributed by atoms with van der Waals surface area (Å²) in [7, 11) is -3.68. The van der Waals surface area contributed by atoms with Crippen LogP contribution in [0, 0.1) is 10.1 Å². The molecule has 1 aromatic heterocycles. The van der Waals surface area contributed by atoms with Crippen LogP contribution in [-0.4, -0.2) is 53.7 Å². The molecule has 1 fully saturated rings. The molecule has 2 aromatic carbocycles. The predicted octanol–water partition coefficient (Wildman–Crippen LogP) is 3.88. The van der Waals surface area contributed by atoms with Crippen molar-refractivity contribution in [1.29, 1.82) is 0 Å². The quantitative estimate of drug-likeness (QED) is 0.394. The summed E-state index contributed by atoms with van der Waals surface area (Å²) < 4.78 is 27.1. The summed E-state index contributed by atoms with van der Waals surface area (Å²) in [6.07, 6.45) is 0. The largest absolute Gasteiger partial charge is 0.294 e. The van der Waals surface area contributed by atoms with Gasteiger partial charge < -0.3 is 0 Å². The lowest BCUT2D eigenvalue weighted by atomic mass is 10.2. The Morgan fingerprint density at radius 3 is 2.29 bits per heavy atom. The number of hydrogen-bond donors (Lipinski definition) is 0. The van der Waals surface area contributed by atoms with E-state index < -0.39 is 14.9 Å². The van der Waals surface area contributed by atoms with E-state index in [4.69, 9.17) is 11.6 Å². The second-order valence-corrected chi connectivity index (χ2v) is 10.4. The van der Waals surface area contributed by atoms with Gasteiger partial charge in [0.25, 0.3) is 5.69 Å². The van der Waals surface area contributed by atoms with Gasteiger partial charge in [-0.3, -0.25) is 15.0 Å². The first-order chi connectivity index (χ1) is 14.8. The molecule has 0 atom stereocenters. The van der Waals surface area contributed by atoms with Crippen molar-refractivity contribution in [2.24, 2.45) is 0 Å². The molecule has 0 radical (unpaired) electrons. The lowest BCUT2D eigenvalue weighted by molar-refractivity contribution is -0.384. The second kappa shape index (κ2) is 9.01. The van der Waals surface area contributed by atoms with Crippen molar-refractivity contribution in [1.82, 2.24) is 14.2 Å². The van der Waals surface area contributed by atoms with Crippen molar-refractivity contribution in [2.45, 2.75) is 11.4 Å². The first-order valence-electron chi connectivity index (χ1n) is 9.50. The summed E-state index contributed by atoms with van der Waals surface area (Å²) in [5.41, 5.74) is 1.77. The van der Waals surface area contributed by atoms with E-state index in [9.17, 15) is 18.5 Å². The maximum Gasteiger partial charge on any atom is 0.269 e. The molecule has 3 aromatic rings. The summed E-state index contributed by atoms with van der Waals surface area (Å²) in [4.78, 5) is 17.2. The van der Waals surface area contributed by atoms with Crippen LogP contribution in [0.1, 0.15) is 5.01 Å².